The zero-order chi connectivity index (χ0) is 17.9. The number of hydrogen-bond acceptors (Lipinski definition) is 2. The van der Waals surface area contributed by atoms with Gasteiger partial charge in [0.25, 0.3) is 0 Å². The van der Waals surface area contributed by atoms with Crippen molar-refractivity contribution in [2.24, 2.45) is 11.8 Å². The van der Waals surface area contributed by atoms with Gasteiger partial charge in [-0.25, -0.2) is 8.78 Å². The molecule has 2 rings (SSSR count). The van der Waals surface area contributed by atoms with Crippen LogP contribution in [0.25, 0.3) is 0 Å². The minimum atomic E-state index is -0.677. The second kappa shape index (κ2) is 7.73. The topological polar surface area (TPSA) is 49.4 Å². The van der Waals surface area contributed by atoms with Crippen molar-refractivity contribution in [3.63, 3.8) is 0 Å². The highest BCUT2D eigenvalue weighted by Crippen LogP contribution is 2.25. The van der Waals surface area contributed by atoms with Gasteiger partial charge in [0.15, 0.2) is 0 Å². The first kappa shape index (κ1) is 18.4. The van der Waals surface area contributed by atoms with E-state index < -0.39 is 11.6 Å². The fourth-order valence-corrected chi connectivity index (χ4v) is 3.10. The summed E-state index contributed by atoms with van der Waals surface area (Å²) in [7, 11) is 0. The standard InChI is InChI=1S/C18H24F2N2O2/c1-11(2)10-22-12(3)15(6-7-17(22)23)18(24)21-9-13-4-5-14(19)8-16(13)20/h4-5,8,11-12,15H,6-7,9-10H2,1-3H3,(H,21,24)/t12-,15-/m1/s1. The van der Waals surface area contributed by atoms with Crippen molar-refractivity contribution in [2.45, 2.75) is 46.2 Å². The molecule has 0 aromatic heterocycles. The molecule has 132 valence electrons. The van der Waals surface area contributed by atoms with Crippen LogP contribution in [-0.4, -0.2) is 29.3 Å². The summed E-state index contributed by atoms with van der Waals surface area (Å²) in [5.41, 5.74) is 0.239. The summed E-state index contributed by atoms with van der Waals surface area (Å²) in [6.07, 6.45) is 0.840. The summed E-state index contributed by atoms with van der Waals surface area (Å²) in [5, 5.41) is 2.71. The van der Waals surface area contributed by atoms with Crippen molar-refractivity contribution < 1.29 is 18.4 Å². The maximum Gasteiger partial charge on any atom is 0.225 e. The van der Waals surface area contributed by atoms with E-state index in [2.05, 4.69) is 5.32 Å². The lowest BCUT2D eigenvalue weighted by atomic mass is 9.88. The highest BCUT2D eigenvalue weighted by Gasteiger charge is 2.36. The third-order valence-corrected chi connectivity index (χ3v) is 4.43. The lowest BCUT2D eigenvalue weighted by molar-refractivity contribution is -0.143. The van der Waals surface area contributed by atoms with Crippen LogP contribution in [0.3, 0.4) is 0 Å². The largest absolute Gasteiger partial charge is 0.352 e. The van der Waals surface area contributed by atoms with Crippen molar-refractivity contribution >= 4 is 11.8 Å². The molecule has 1 aromatic carbocycles. The van der Waals surface area contributed by atoms with Gasteiger partial charge in [0, 0.05) is 37.2 Å². The van der Waals surface area contributed by atoms with Crippen LogP contribution in [0.1, 0.15) is 39.2 Å². The van der Waals surface area contributed by atoms with Gasteiger partial charge in [0.1, 0.15) is 11.6 Å². The van der Waals surface area contributed by atoms with Crippen molar-refractivity contribution in [2.75, 3.05) is 6.54 Å². The van der Waals surface area contributed by atoms with E-state index in [1.165, 1.54) is 6.07 Å². The third-order valence-electron chi connectivity index (χ3n) is 4.43. The number of benzene rings is 1. The predicted molar refractivity (Wildman–Crippen MR) is 86.9 cm³/mol. The van der Waals surface area contributed by atoms with E-state index >= 15 is 0 Å². The van der Waals surface area contributed by atoms with Crippen molar-refractivity contribution in [3.05, 3.63) is 35.4 Å². The van der Waals surface area contributed by atoms with Crippen molar-refractivity contribution in [1.82, 2.24) is 10.2 Å². The first-order chi connectivity index (χ1) is 11.3. The lowest BCUT2D eigenvalue weighted by Gasteiger charge is -2.39. The number of halogens is 2. The maximum absolute atomic E-state index is 13.6. The number of nitrogens with zero attached hydrogens (tertiary/aromatic N) is 1. The molecule has 1 aliphatic rings. The number of carbonyl (C=O) groups is 2. The SMILES string of the molecule is CC(C)CN1C(=O)CC[C@@H](C(=O)NCc2ccc(F)cc2F)[C@H]1C. The molecule has 1 fully saturated rings. The molecule has 1 N–H and O–H groups in total. The Bertz CT molecular complexity index is 619. The van der Waals surface area contributed by atoms with Crippen LogP contribution < -0.4 is 5.32 Å². The van der Waals surface area contributed by atoms with Gasteiger partial charge in [-0.1, -0.05) is 19.9 Å². The first-order valence-corrected chi connectivity index (χ1v) is 8.30. The Kier molecular flexibility index (Phi) is 5.91. The molecule has 1 saturated heterocycles. The molecule has 0 unspecified atom stereocenters. The fourth-order valence-electron chi connectivity index (χ4n) is 3.10. The van der Waals surface area contributed by atoms with Gasteiger partial charge in [0.05, 0.1) is 5.92 Å². The van der Waals surface area contributed by atoms with Gasteiger partial charge in [-0.15, -0.1) is 0 Å². The van der Waals surface area contributed by atoms with E-state index in [4.69, 9.17) is 0 Å². The first-order valence-electron chi connectivity index (χ1n) is 8.30. The van der Waals surface area contributed by atoms with Gasteiger partial charge >= 0.3 is 0 Å². The number of nitrogens with one attached hydrogen (secondary N) is 1. The molecule has 24 heavy (non-hydrogen) atoms. The number of amides is 2. The Balaban J connectivity index is 1.99. The average Bonchev–Trinajstić information content (AvgIpc) is 2.50. The Morgan fingerprint density at radius 3 is 2.71 bits per heavy atom. The van der Waals surface area contributed by atoms with Crippen LogP contribution >= 0.6 is 0 Å². The fraction of sp³-hybridized carbons (Fsp3) is 0.556. The predicted octanol–water partition coefficient (Wildman–Crippen LogP) is 2.86. The Morgan fingerprint density at radius 2 is 2.08 bits per heavy atom. The molecule has 1 aliphatic heterocycles. The van der Waals surface area contributed by atoms with Gasteiger partial charge in [0.2, 0.25) is 11.8 Å². The molecule has 0 bridgehead atoms. The van der Waals surface area contributed by atoms with E-state index in [9.17, 15) is 18.4 Å². The summed E-state index contributed by atoms with van der Waals surface area (Å²) in [6.45, 7) is 6.56. The second-order valence-electron chi connectivity index (χ2n) is 6.78. The molecule has 2 amide bonds. The Hall–Kier alpha value is -1.98. The zero-order valence-corrected chi connectivity index (χ0v) is 14.3. The van der Waals surface area contributed by atoms with Gasteiger partial charge in [-0.2, -0.15) is 0 Å². The van der Waals surface area contributed by atoms with Crippen LogP contribution in [0.4, 0.5) is 8.78 Å². The number of hydrogen-bond donors (Lipinski definition) is 1. The molecule has 4 nitrogen and oxygen atoms in total. The molecule has 1 heterocycles. The molecule has 0 aliphatic carbocycles. The molecule has 1 aromatic rings. The number of rotatable bonds is 5. The molecule has 0 saturated carbocycles. The second-order valence-corrected chi connectivity index (χ2v) is 6.78. The molecular formula is C18H24F2N2O2. The van der Waals surface area contributed by atoms with E-state index in [1.807, 2.05) is 20.8 Å². The van der Waals surface area contributed by atoms with E-state index in [0.29, 0.717) is 25.3 Å². The molecule has 2 atom stereocenters. The summed E-state index contributed by atoms with van der Waals surface area (Å²) < 4.78 is 26.5. The summed E-state index contributed by atoms with van der Waals surface area (Å²) in [6, 6.07) is 3.10. The summed E-state index contributed by atoms with van der Waals surface area (Å²) >= 11 is 0. The summed E-state index contributed by atoms with van der Waals surface area (Å²) in [5.74, 6) is -1.44. The monoisotopic (exact) mass is 338 g/mol. The molecule has 6 heteroatoms. The normalized spacial score (nSPS) is 21.2. The zero-order valence-electron chi connectivity index (χ0n) is 14.3. The third kappa shape index (κ3) is 4.30. The Morgan fingerprint density at radius 1 is 1.38 bits per heavy atom. The molecule has 0 radical (unpaired) electrons. The van der Waals surface area contributed by atoms with Gasteiger partial charge < -0.3 is 10.2 Å². The summed E-state index contributed by atoms with van der Waals surface area (Å²) in [4.78, 5) is 26.3. The minimum Gasteiger partial charge on any atom is -0.352 e. The van der Waals surface area contributed by atoms with E-state index in [1.54, 1.807) is 4.90 Å². The van der Waals surface area contributed by atoms with Crippen LogP contribution in [0.15, 0.2) is 18.2 Å². The van der Waals surface area contributed by atoms with Gasteiger partial charge in [-0.3, -0.25) is 9.59 Å². The minimum absolute atomic E-state index is 0.00624. The van der Waals surface area contributed by atoms with E-state index in [-0.39, 0.29) is 35.9 Å². The molecular weight excluding hydrogens is 314 g/mol. The Labute approximate surface area is 141 Å². The van der Waals surface area contributed by atoms with Crippen molar-refractivity contribution in [1.29, 1.82) is 0 Å². The highest BCUT2D eigenvalue weighted by molar-refractivity contribution is 5.84. The van der Waals surface area contributed by atoms with Crippen molar-refractivity contribution in [3.8, 4) is 0 Å². The van der Waals surface area contributed by atoms with Gasteiger partial charge in [-0.05, 0) is 25.3 Å². The smallest absolute Gasteiger partial charge is 0.225 e. The molecule has 0 spiro atoms. The van der Waals surface area contributed by atoms with E-state index in [0.717, 1.165) is 12.1 Å². The van der Waals surface area contributed by atoms with Crippen LogP contribution in [0.5, 0.6) is 0 Å². The van der Waals surface area contributed by atoms with Crippen LogP contribution in [-0.2, 0) is 16.1 Å². The van der Waals surface area contributed by atoms with Crippen LogP contribution in [0.2, 0.25) is 0 Å². The highest BCUT2D eigenvalue weighted by atomic mass is 19.1. The van der Waals surface area contributed by atoms with Crippen LogP contribution in [0, 0.1) is 23.5 Å². The number of carbonyl (C=O) groups excluding carboxylic acids is 2. The number of likely N-dealkylation sites (tertiary alicyclic amines) is 1. The quantitative estimate of drug-likeness (QED) is 0.897. The number of piperidine rings is 1. The lowest BCUT2D eigenvalue weighted by Crippen LogP contribution is -2.52. The average molecular weight is 338 g/mol. The maximum atomic E-state index is 13.6.